The molecule has 1 N–H and O–H groups in total. The number of hydrogen-bond acceptors (Lipinski definition) is 6. The fraction of sp³-hybridized carbons (Fsp3) is 0.0588. The number of ether oxygens (including phenoxy) is 2. The highest BCUT2D eigenvalue weighted by atomic mass is 32.1. The first kappa shape index (κ1) is 17.5. The lowest BCUT2D eigenvalue weighted by atomic mass is 10.2. The van der Waals surface area contributed by atoms with Gasteiger partial charge in [-0.15, -0.1) is 0 Å². The molecule has 7 nitrogen and oxygen atoms in total. The summed E-state index contributed by atoms with van der Waals surface area (Å²) in [6.07, 6.45) is 2.99. The third-order valence-electron chi connectivity index (χ3n) is 3.34. The SMILES string of the molecule is COc1cc(/C=N\n2cn[nH]c2=S)ccc1OC(=O)c1ccc(F)cc1. The van der Waals surface area contributed by atoms with Crippen molar-refractivity contribution in [2.45, 2.75) is 0 Å². The summed E-state index contributed by atoms with van der Waals surface area (Å²) in [7, 11) is 1.46. The van der Waals surface area contributed by atoms with E-state index in [1.165, 1.54) is 42.4 Å². The van der Waals surface area contributed by atoms with Crippen LogP contribution in [0.1, 0.15) is 15.9 Å². The standard InChI is InChI=1S/C17H13FN4O3S/c1-24-15-8-11(9-20-22-10-19-21-17(22)26)2-7-14(15)25-16(23)12-3-5-13(18)6-4-12/h2-10H,1H3,(H,21,26)/b20-9-. The third-order valence-corrected chi connectivity index (χ3v) is 3.62. The fourth-order valence-electron chi connectivity index (χ4n) is 2.05. The van der Waals surface area contributed by atoms with Crippen molar-refractivity contribution in [1.29, 1.82) is 0 Å². The lowest BCUT2D eigenvalue weighted by Crippen LogP contribution is -2.09. The van der Waals surface area contributed by atoms with Crippen molar-refractivity contribution < 1.29 is 18.7 Å². The monoisotopic (exact) mass is 372 g/mol. The highest BCUT2D eigenvalue weighted by molar-refractivity contribution is 7.71. The first-order valence-electron chi connectivity index (χ1n) is 7.39. The van der Waals surface area contributed by atoms with Gasteiger partial charge in [0.25, 0.3) is 0 Å². The summed E-state index contributed by atoms with van der Waals surface area (Å²) in [5.41, 5.74) is 0.931. The van der Waals surface area contributed by atoms with Crippen LogP contribution in [0.15, 0.2) is 53.9 Å². The van der Waals surface area contributed by atoms with Crippen molar-refractivity contribution in [3.8, 4) is 11.5 Å². The highest BCUT2D eigenvalue weighted by Gasteiger charge is 2.13. The number of hydrogen-bond donors (Lipinski definition) is 1. The Bertz CT molecular complexity index is 1010. The summed E-state index contributed by atoms with van der Waals surface area (Å²) >= 11 is 5.00. The zero-order chi connectivity index (χ0) is 18.5. The molecule has 9 heteroatoms. The van der Waals surface area contributed by atoms with E-state index in [0.717, 1.165) is 0 Å². The minimum absolute atomic E-state index is 0.230. The van der Waals surface area contributed by atoms with Crippen molar-refractivity contribution >= 4 is 24.4 Å². The van der Waals surface area contributed by atoms with Gasteiger partial charge in [-0.05, 0) is 60.2 Å². The maximum atomic E-state index is 12.9. The van der Waals surface area contributed by atoms with Gasteiger partial charge in [0.05, 0.1) is 18.9 Å². The van der Waals surface area contributed by atoms with E-state index in [1.807, 2.05) is 0 Å². The molecule has 0 aliphatic heterocycles. The van der Waals surface area contributed by atoms with Crippen molar-refractivity contribution in [2.75, 3.05) is 7.11 Å². The van der Waals surface area contributed by atoms with Crippen molar-refractivity contribution in [3.63, 3.8) is 0 Å². The molecule has 1 heterocycles. The summed E-state index contributed by atoms with van der Waals surface area (Å²) < 4.78 is 25.3. The molecule has 3 aromatic rings. The Labute approximate surface area is 152 Å². The number of methoxy groups -OCH3 is 1. The minimum atomic E-state index is -0.616. The van der Waals surface area contributed by atoms with E-state index >= 15 is 0 Å². The molecule has 0 unspecified atom stereocenters. The molecule has 0 saturated carbocycles. The van der Waals surface area contributed by atoms with Gasteiger partial charge in [-0.2, -0.15) is 14.9 Å². The number of halogens is 1. The molecule has 3 rings (SSSR count). The van der Waals surface area contributed by atoms with E-state index < -0.39 is 11.8 Å². The number of aromatic nitrogens is 3. The second-order valence-electron chi connectivity index (χ2n) is 5.06. The number of nitrogens with one attached hydrogen (secondary N) is 1. The molecule has 1 aromatic heterocycles. The van der Waals surface area contributed by atoms with Crippen molar-refractivity contribution in [2.24, 2.45) is 5.10 Å². The number of carbonyl (C=O) groups excluding carboxylic acids is 1. The van der Waals surface area contributed by atoms with Crippen LogP contribution in [0, 0.1) is 10.6 Å². The van der Waals surface area contributed by atoms with E-state index in [1.54, 1.807) is 24.4 Å². The quantitative estimate of drug-likeness (QED) is 0.322. The number of benzene rings is 2. The highest BCUT2D eigenvalue weighted by Crippen LogP contribution is 2.28. The van der Waals surface area contributed by atoms with Gasteiger partial charge in [-0.25, -0.2) is 9.18 Å². The molecule has 0 saturated heterocycles. The van der Waals surface area contributed by atoms with Crippen LogP contribution in [-0.4, -0.2) is 34.2 Å². The summed E-state index contributed by atoms with van der Waals surface area (Å²) in [5, 5.41) is 10.5. The second kappa shape index (κ2) is 7.70. The van der Waals surface area contributed by atoms with Gasteiger partial charge < -0.3 is 9.47 Å². The average molecular weight is 372 g/mol. The summed E-state index contributed by atoms with van der Waals surface area (Å²) in [6, 6.07) is 10.0. The number of esters is 1. The average Bonchev–Trinajstić information content (AvgIpc) is 3.06. The number of rotatable bonds is 5. The molecule has 0 aliphatic carbocycles. The predicted molar refractivity (Wildman–Crippen MR) is 94.8 cm³/mol. The maximum Gasteiger partial charge on any atom is 0.343 e. The molecule has 132 valence electrons. The third kappa shape index (κ3) is 4.01. The van der Waals surface area contributed by atoms with Gasteiger partial charge in [0, 0.05) is 0 Å². The van der Waals surface area contributed by atoms with Gasteiger partial charge >= 0.3 is 5.97 Å². The molecular weight excluding hydrogens is 359 g/mol. The molecular formula is C17H13FN4O3S. The lowest BCUT2D eigenvalue weighted by Gasteiger charge is -2.10. The van der Waals surface area contributed by atoms with Crippen LogP contribution < -0.4 is 9.47 Å². The molecule has 0 atom stereocenters. The molecule has 0 bridgehead atoms. The van der Waals surface area contributed by atoms with Crippen molar-refractivity contribution in [1.82, 2.24) is 14.9 Å². The lowest BCUT2D eigenvalue weighted by molar-refractivity contribution is 0.0729. The van der Waals surface area contributed by atoms with Crippen LogP contribution in [0.25, 0.3) is 0 Å². The molecule has 0 radical (unpaired) electrons. The van der Waals surface area contributed by atoms with E-state index in [0.29, 0.717) is 16.1 Å². The van der Waals surface area contributed by atoms with Crippen molar-refractivity contribution in [3.05, 3.63) is 70.5 Å². The zero-order valence-corrected chi connectivity index (χ0v) is 14.4. The van der Waals surface area contributed by atoms with Crippen LogP contribution in [0.2, 0.25) is 0 Å². The molecule has 0 fully saturated rings. The molecule has 0 aliphatic rings. The Morgan fingerprint density at radius 1 is 1.27 bits per heavy atom. The number of nitrogens with zero attached hydrogens (tertiary/aromatic N) is 3. The molecule has 2 aromatic carbocycles. The van der Waals surface area contributed by atoms with Crippen LogP contribution in [-0.2, 0) is 0 Å². The Balaban J connectivity index is 1.79. The normalized spacial score (nSPS) is 10.8. The van der Waals surface area contributed by atoms with Gasteiger partial charge in [0.2, 0.25) is 4.77 Å². The molecule has 0 amide bonds. The number of aromatic amines is 1. The van der Waals surface area contributed by atoms with Crippen LogP contribution in [0.5, 0.6) is 11.5 Å². The van der Waals surface area contributed by atoms with Gasteiger partial charge in [0.1, 0.15) is 12.1 Å². The van der Waals surface area contributed by atoms with Gasteiger partial charge in [-0.1, -0.05) is 0 Å². The first-order chi connectivity index (χ1) is 12.6. The van der Waals surface area contributed by atoms with Gasteiger partial charge in [0.15, 0.2) is 11.5 Å². The Morgan fingerprint density at radius 2 is 2.04 bits per heavy atom. The van der Waals surface area contributed by atoms with E-state index in [2.05, 4.69) is 15.3 Å². The van der Waals surface area contributed by atoms with Crippen LogP contribution in [0.3, 0.4) is 0 Å². The number of carbonyl (C=O) groups is 1. The largest absolute Gasteiger partial charge is 0.493 e. The zero-order valence-electron chi connectivity index (χ0n) is 13.5. The predicted octanol–water partition coefficient (Wildman–Crippen LogP) is 3.19. The second-order valence-corrected chi connectivity index (χ2v) is 5.44. The molecule has 0 spiro atoms. The van der Waals surface area contributed by atoms with Gasteiger partial charge in [-0.3, -0.25) is 5.10 Å². The topological polar surface area (TPSA) is 81.5 Å². The summed E-state index contributed by atoms with van der Waals surface area (Å²) in [6.45, 7) is 0. The van der Waals surface area contributed by atoms with Crippen LogP contribution in [0.4, 0.5) is 4.39 Å². The Hall–Kier alpha value is -3.33. The smallest absolute Gasteiger partial charge is 0.343 e. The van der Waals surface area contributed by atoms with E-state index in [-0.39, 0.29) is 11.3 Å². The van der Waals surface area contributed by atoms with E-state index in [4.69, 9.17) is 21.7 Å². The van der Waals surface area contributed by atoms with Crippen LogP contribution >= 0.6 is 12.2 Å². The fourth-order valence-corrected chi connectivity index (χ4v) is 2.19. The Morgan fingerprint density at radius 3 is 2.69 bits per heavy atom. The maximum absolute atomic E-state index is 12.9. The first-order valence-corrected chi connectivity index (χ1v) is 7.80. The number of H-pyrrole nitrogens is 1. The molecule has 26 heavy (non-hydrogen) atoms. The van der Waals surface area contributed by atoms with E-state index in [9.17, 15) is 9.18 Å². The summed E-state index contributed by atoms with van der Waals surface area (Å²) in [4.78, 5) is 12.1. The minimum Gasteiger partial charge on any atom is -0.493 e. The summed E-state index contributed by atoms with van der Waals surface area (Å²) in [5.74, 6) is -0.464. The Kier molecular flexibility index (Phi) is 5.18.